The number of fused-ring (bicyclic) bond motifs is 1. The first-order valence-electron chi connectivity index (χ1n) is 9.17. The first kappa shape index (κ1) is 19.6. The Bertz CT molecular complexity index is 1190. The van der Waals surface area contributed by atoms with E-state index >= 15 is 0 Å². The largest absolute Gasteiger partial charge is 0.490 e. The maximum atomic E-state index is 12.4. The number of aliphatic imine (C=N–C) groups is 1. The number of nitrogens with one attached hydrogen (secondary N) is 2. The smallest absolute Gasteiger partial charge is 0.263 e. The molecule has 10 heteroatoms. The van der Waals surface area contributed by atoms with Crippen molar-refractivity contribution in [1.82, 2.24) is 14.3 Å². The number of amides is 1. The lowest BCUT2D eigenvalue weighted by molar-refractivity contribution is -0.114. The molecule has 1 aliphatic rings. The Kier molecular flexibility index (Phi) is 5.48. The van der Waals surface area contributed by atoms with Gasteiger partial charge in [-0.25, -0.2) is 13.4 Å². The van der Waals surface area contributed by atoms with Gasteiger partial charge in [-0.3, -0.25) is 14.5 Å². The second kappa shape index (κ2) is 8.37. The minimum atomic E-state index is -3.64. The normalized spacial score (nSPS) is 15.4. The molecule has 0 spiro atoms. The molecule has 0 aliphatic carbocycles. The summed E-state index contributed by atoms with van der Waals surface area (Å²) in [5.41, 5.74) is 0.967. The van der Waals surface area contributed by atoms with Gasteiger partial charge in [-0.2, -0.15) is 0 Å². The van der Waals surface area contributed by atoms with Gasteiger partial charge in [0.2, 0.25) is 5.91 Å². The van der Waals surface area contributed by atoms with Crippen LogP contribution >= 0.6 is 0 Å². The molecule has 2 N–H and O–H groups in total. The van der Waals surface area contributed by atoms with Crippen molar-refractivity contribution in [2.75, 3.05) is 18.5 Å². The molecule has 30 heavy (non-hydrogen) atoms. The molecule has 0 unspecified atom stereocenters. The third-order valence-electron chi connectivity index (χ3n) is 4.37. The zero-order valence-electron chi connectivity index (χ0n) is 15.9. The summed E-state index contributed by atoms with van der Waals surface area (Å²) in [4.78, 5) is 20.7. The fourth-order valence-corrected chi connectivity index (χ4v) is 4.22. The summed E-state index contributed by atoms with van der Waals surface area (Å²) in [5, 5.41) is 2.76. The Hall–Kier alpha value is -3.66. The Morgan fingerprint density at radius 2 is 1.97 bits per heavy atom. The Morgan fingerprint density at radius 3 is 2.80 bits per heavy atom. The Morgan fingerprint density at radius 1 is 1.17 bits per heavy atom. The van der Waals surface area contributed by atoms with Crippen molar-refractivity contribution in [3.05, 3.63) is 72.8 Å². The molecule has 2 heterocycles. The second-order valence-electron chi connectivity index (χ2n) is 6.46. The maximum Gasteiger partial charge on any atom is 0.263 e. The van der Waals surface area contributed by atoms with Crippen LogP contribution in [0.2, 0.25) is 0 Å². The number of anilines is 1. The minimum Gasteiger partial charge on any atom is -0.490 e. The molecular formula is C20H19N5O4S. The van der Waals surface area contributed by atoms with Crippen LogP contribution in [0, 0.1) is 0 Å². The van der Waals surface area contributed by atoms with Gasteiger partial charge in [0.15, 0.2) is 0 Å². The van der Waals surface area contributed by atoms with Crippen molar-refractivity contribution >= 4 is 27.5 Å². The number of sulfonamides is 1. The van der Waals surface area contributed by atoms with E-state index in [0.717, 1.165) is 0 Å². The molecule has 1 aromatic heterocycles. The molecule has 4 rings (SSSR count). The van der Waals surface area contributed by atoms with Crippen LogP contribution in [0.4, 0.5) is 5.69 Å². The van der Waals surface area contributed by atoms with E-state index in [1.165, 1.54) is 6.07 Å². The van der Waals surface area contributed by atoms with E-state index < -0.39 is 15.9 Å². The number of amidine groups is 1. The van der Waals surface area contributed by atoms with Crippen LogP contribution in [-0.2, 0) is 21.4 Å². The molecule has 0 saturated carbocycles. The van der Waals surface area contributed by atoms with E-state index in [1.54, 1.807) is 48.9 Å². The van der Waals surface area contributed by atoms with Crippen molar-refractivity contribution in [1.29, 1.82) is 0 Å². The van der Waals surface area contributed by atoms with Crippen molar-refractivity contribution in [2.45, 2.75) is 11.4 Å². The highest BCUT2D eigenvalue weighted by Gasteiger charge is 2.30. The number of carbonyl (C=O) groups is 1. The van der Waals surface area contributed by atoms with Crippen LogP contribution in [0.5, 0.6) is 5.75 Å². The van der Waals surface area contributed by atoms with E-state index in [2.05, 4.69) is 20.0 Å². The van der Waals surface area contributed by atoms with Gasteiger partial charge in [0, 0.05) is 18.0 Å². The summed E-state index contributed by atoms with van der Waals surface area (Å²) in [6, 6.07) is 13.6. The molecule has 3 aromatic rings. The van der Waals surface area contributed by atoms with Gasteiger partial charge < -0.3 is 14.6 Å². The van der Waals surface area contributed by atoms with E-state index in [0.29, 0.717) is 30.2 Å². The first-order valence-corrected chi connectivity index (χ1v) is 10.7. The summed E-state index contributed by atoms with van der Waals surface area (Å²) in [6.07, 6.45) is 5.23. The number of nitrogens with zero attached hydrogens (tertiary/aromatic N) is 3. The van der Waals surface area contributed by atoms with Crippen molar-refractivity contribution in [3.63, 3.8) is 0 Å². The van der Waals surface area contributed by atoms with E-state index in [1.807, 2.05) is 16.8 Å². The summed E-state index contributed by atoms with van der Waals surface area (Å²) < 4.78 is 34.3. The van der Waals surface area contributed by atoms with E-state index in [-0.39, 0.29) is 17.3 Å². The van der Waals surface area contributed by atoms with Gasteiger partial charge in [-0.05, 0) is 24.3 Å². The molecule has 0 bridgehead atoms. The highest BCUT2D eigenvalue weighted by molar-refractivity contribution is 7.90. The summed E-state index contributed by atoms with van der Waals surface area (Å²) >= 11 is 0. The van der Waals surface area contributed by atoms with Gasteiger partial charge >= 0.3 is 0 Å². The number of para-hydroxylation sites is 2. The van der Waals surface area contributed by atoms with Crippen LogP contribution in [0.3, 0.4) is 0 Å². The quantitative estimate of drug-likeness (QED) is 0.597. The zero-order valence-corrected chi connectivity index (χ0v) is 16.7. The monoisotopic (exact) mass is 425 g/mol. The number of rotatable bonds is 7. The molecule has 1 amide bonds. The Balaban J connectivity index is 1.40. The predicted octanol–water partition coefficient (Wildman–Crippen LogP) is 1.64. The maximum absolute atomic E-state index is 12.4. The summed E-state index contributed by atoms with van der Waals surface area (Å²) in [6.45, 7) is 0.787. The molecule has 0 saturated heterocycles. The highest BCUT2D eigenvalue weighted by Crippen LogP contribution is 2.24. The highest BCUT2D eigenvalue weighted by atomic mass is 32.2. The fraction of sp³-hybridized carbons (Fsp3) is 0.150. The van der Waals surface area contributed by atoms with Gasteiger partial charge in [0.1, 0.15) is 24.7 Å². The third kappa shape index (κ3) is 4.33. The lowest BCUT2D eigenvalue weighted by atomic mass is 10.2. The third-order valence-corrected chi connectivity index (χ3v) is 5.77. The van der Waals surface area contributed by atoms with Gasteiger partial charge in [-0.1, -0.05) is 24.3 Å². The molecule has 2 aromatic carbocycles. The number of carbonyl (C=O) groups excluding carboxylic acids is 1. The average molecular weight is 425 g/mol. The van der Waals surface area contributed by atoms with Gasteiger partial charge in [0.05, 0.1) is 23.5 Å². The predicted molar refractivity (Wildman–Crippen MR) is 111 cm³/mol. The van der Waals surface area contributed by atoms with E-state index in [9.17, 15) is 13.2 Å². The van der Waals surface area contributed by atoms with E-state index in [4.69, 9.17) is 4.74 Å². The first-order chi connectivity index (χ1) is 14.5. The summed E-state index contributed by atoms with van der Waals surface area (Å²) in [5.74, 6) is 0.299. The minimum absolute atomic E-state index is 0.154. The second-order valence-corrected chi connectivity index (χ2v) is 8.11. The number of imidazole rings is 1. The van der Waals surface area contributed by atoms with Crippen LogP contribution in [-0.4, -0.2) is 42.9 Å². The number of ether oxygens (including phenoxy) is 1. The Labute approximate surface area is 173 Å². The van der Waals surface area contributed by atoms with Crippen LogP contribution in [0.1, 0.15) is 5.56 Å². The van der Waals surface area contributed by atoms with Crippen LogP contribution in [0.15, 0.2) is 77.1 Å². The number of hydrogen-bond acceptors (Lipinski definition) is 6. The van der Waals surface area contributed by atoms with Crippen molar-refractivity contribution < 1.29 is 17.9 Å². The number of hydrogen-bond donors (Lipinski definition) is 2. The molecule has 0 fully saturated rings. The van der Waals surface area contributed by atoms with Crippen molar-refractivity contribution in [3.8, 4) is 5.75 Å². The molecular weight excluding hydrogens is 406 g/mol. The fourth-order valence-electron chi connectivity index (χ4n) is 2.97. The average Bonchev–Trinajstić information content (AvgIpc) is 3.34. The van der Waals surface area contributed by atoms with Gasteiger partial charge in [-0.15, -0.1) is 0 Å². The molecule has 0 atom stereocenters. The number of aromatic nitrogens is 2. The van der Waals surface area contributed by atoms with Crippen LogP contribution in [0.25, 0.3) is 0 Å². The number of benzene rings is 2. The topological polar surface area (TPSA) is 115 Å². The van der Waals surface area contributed by atoms with Crippen molar-refractivity contribution in [2.24, 2.45) is 4.99 Å². The lowest BCUT2D eigenvalue weighted by Crippen LogP contribution is -2.24. The molecule has 9 nitrogen and oxygen atoms in total. The lowest BCUT2D eigenvalue weighted by Gasteiger charge is -2.12. The molecule has 0 radical (unpaired) electrons. The molecule has 154 valence electrons. The zero-order chi connectivity index (χ0) is 21.0. The van der Waals surface area contributed by atoms with Crippen LogP contribution < -0.4 is 14.8 Å². The molecule has 1 aliphatic heterocycles. The standard InChI is InChI=1S/C20H19N5O4S/c26-19(13-22-20-15-5-1-4-8-18(15)30(27,28)24-20)23-16-6-2-3-7-17(16)29-12-11-25-10-9-21-14-25/h1-10,14H,11-13H2,(H,22,24)(H,23,26). The SMILES string of the molecule is O=C(CN=C1NS(=O)(=O)c2ccccc21)Nc1ccccc1OCCn1ccnc1. The van der Waals surface area contributed by atoms with Gasteiger partial charge in [0.25, 0.3) is 10.0 Å². The summed E-state index contributed by atoms with van der Waals surface area (Å²) in [7, 11) is -3.64.